The maximum Gasteiger partial charge on any atom is 0.274 e. The van der Waals surface area contributed by atoms with Crippen molar-refractivity contribution in [1.82, 2.24) is 9.88 Å². The average molecular weight is 512 g/mol. The minimum Gasteiger partial charge on any atom is -0.370 e. The molecule has 0 fully saturated rings. The Bertz CT molecular complexity index is 1380. The van der Waals surface area contributed by atoms with E-state index < -0.39 is 0 Å². The number of benzene rings is 2. The van der Waals surface area contributed by atoms with Gasteiger partial charge in [0.15, 0.2) is 11.9 Å². The van der Waals surface area contributed by atoms with Crippen LogP contribution in [0.4, 0.5) is 11.4 Å². The standard InChI is InChI=1S/C27H29N9O2/c28-26(29)33-15-17-1-6-21(7-2-17)34-24(37)20-5-10-23(32-16-20)25(38)35-22-8-3-18(4-9-22)19-11-13-36(14-12-19)27(30)31/h1-11,16H,12-15H2,(H3,30,31)(H,34,37)(H,35,38)(H4,28,29,33). The van der Waals surface area contributed by atoms with Crippen molar-refractivity contribution in [1.29, 1.82) is 5.41 Å². The molecule has 11 heteroatoms. The predicted octanol–water partition coefficient (Wildman–Crippen LogP) is 2.34. The minimum atomic E-state index is -0.380. The summed E-state index contributed by atoms with van der Waals surface area (Å²) in [6.07, 6.45) is 4.21. The average Bonchev–Trinajstić information content (AvgIpc) is 2.93. The van der Waals surface area contributed by atoms with Crippen molar-refractivity contribution in [3.8, 4) is 0 Å². The second-order valence-electron chi connectivity index (χ2n) is 8.67. The van der Waals surface area contributed by atoms with E-state index >= 15 is 0 Å². The number of nitrogens with zero attached hydrogens (tertiary/aromatic N) is 3. The molecule has 2 heterocycles. The second kappa shape index (κ2) is 11.7. The van der Waals surface area contributed by atoms with E-state index in [1.54, 1.807) is 23.1 Å². The molecule has 2 aromatic carbocycles. The van der Waals surface area contributed by atoms with Crippen molar-refractivity contribution < 1.29 is 9.59 Å². The molecule has 38 heavy (non-hydrogen) atoms. The third-order valence-corrected chi connectivity index (χ3v) is 5.98. The zero-order valence-electron chi connectivity index (χ0n) is 20.6. The van der Waals surface area contributed by atoms with E-state index in [0.29, 0.717) is 36.6 Å². The number of carbonyl (C=O) groups is 2. The van der Waals surface area contributed by atoms with Gasteiger partial charge in [-0.1, -0.05) is 30.3 Å². The molecule has 194 valence electrons. The number of amides is 2. The molecule has 0 aliphatic carbocycles. The number of carbonyl (C=O) groups excluding carboxylic acids is 2. The molecule has 0 unspecified atom stereocenters. The number of nitrogens with two attached hydrogens (primary N) is 3. The van der Waals surface area contributed by atoms with Crippen molar-refractivity contribution in [2.75, 3.05) is 23.7 Å². The number of aromatic nitrogens is 1. The van der Waals surface area contributed by atoms with Crippen LogP contribution in [0.15, 0.2) is 77.9 Å². The first kappa shape index (κ1) is 25.9. The molecule has 1 aliphatic heterocycles. The fraction of sp³-hybridized carbons (Fsp3) is 0.148. The Labute approximate surface area is 220 Å². The smallest absolute Gasteiger partial charge is 0.274 e. The third kappa shape index (κ3) is 6.72. The van der Waals surface area contributed by atoms with Gasteiger partial charge in [0.1, 0.15) is 5.69 Å². The molecular weight excluding hydrogens is 482 g/mol. The number of pyridine rings is 1. The maximum atomic E-state index is 12.7. The topological polar surface area (TPSA) is 189 Å². The van der Waals surface area contributed by atoms with Gasteiger partial charge in [-0.15, -0.1) is 0 Å². The molecule has 2 amide bonds. The normalized spacial score (nSPS) is 12.7. The van der Waals surface area contributed by atoms with Gasteiger partial charge in [0, 0.05) is 30.7 Å². The van der Waals surface area contributed by atoms with E-state index in [4.69, 9.17) is 22.6 Å². The van der Waals surface area contributed by atoms with Crippen molar-refractivity contribution in [3.05, 3.63) is 95.3 Å². The van der Waals surface area contributed by atoms with Gasteiger partial charge in [-0.05, 0) is 59.5 Å². The number of rotatable bonds is 7. The first-order valence-electron chi connectivity index (χ1n) is 11.9. The van der Waals surface area contributed by atoms with Crippen LogP contribution in [0.5, 0.6) is 0 Å². The van der Waals surface area contributed by atoms with Crippen LogP contribution in [0.25, 0.3) is 5.57 Å². The molecule has 9 N–H and O–H groups in total. The lowest BCUT2D eigenvalue weighted by Crippen LogP contribution is -2.39. The summed E-state index contributed by atoms with van der Waals surface area (Å²) in [5, 5.41) is 13.1. The molecule has 4 rings (SSSR count). The fourth-order valence-corrected chi connectivity index (χ4v) is 3.85. The number of hydrogen-bond acceptors (Lipinski definition) is 5. The van der Waals surface area contributed by atoms with Gasteiger partial charge in [0.2, 0.25) is 0 Å². The Morgan fingerprint density at radius 3 is 2.13 bits per heavy atom. The summed E-state index contributed by atoms with van der Waals surface area (Å²) in [6.45, 7) is 1.66. The van der Waals surface area contributed by atoms with Crippen molar-refractivity contribution >= 4 is 40.7 Å². The van der Waals surface area contributed by atoms with Crippen LogP contribution in [0.2, 0.25) is 0 Å². The van der Waals surface area contributed by atoms with Gasteiger partial charge in [-0.2, -0.15) is 0 Å². The lowest BCUT2D eigenvalue weighted by Gasteiger charge is -2.26. The van der Waals surface area contributed by atoms with Gasteiger partial charge in [-0.3, -0.25) is 20.0 Å². The molecule has 11 nitrogen and oxygen atoms in total. The SMILES string of the molecule is N=C(N)N1CC=C(c2ccc(NC(=O)c3ccc(C(=O)Nc4ccc(CN=C(N)N)cc4)cn3)cc2)CC1. The molecule has 0 saturated carbocycles. The van der Waals surface area contributed by atoms with Gasteiger partial charge < -0.3 is 32.7 Å². The minimum absolute atomic E-state index is 0.0154. The quantitative estimate of drug-likeness (QED) is 0.207. The number of nitrogens with one attached hydrogen (secondary N) is 3. The van der Waals surface area contributed by atoms with Crippen LogP contribution in [-0.4, -0.2) is 46.7 Å². The van der Waals surface area contributed by atoms with Crippen LogP contribution < -0.4 is 27.8 Å². The molecule has 0 saturated heterocycles. The highest BCUT2D eigenvalue weighted by Crippen LogP contribution is 2.24. The Balaban J connectivity index is 1.31. The highest BCUT2D eigenvalue weighted by molar-refractivity contribution is 6.06. The molecular formula is C27H29N9O2. The Morgan fingerprint density at radius 1 is 0.921 bits per heavy atom. The summed E-state index contributed by atoms with van der Waals surface area (Å²) < 4.78 is 0. The monoisotopic (exact) mass is 511 g/mol. The van der Waals surface area contributed by atoms with Gasteiger partial charge in [0.05, 0.1) is 12.1 Å². The Kier molecular flexibility index (Phi) is 7.97. The number of hydrogen-bond donors (Lipinski definition) is 6. The summed E-state index contributed by atoms with van der Waals surface area (Å²) in [4.78, 5) is 35.1. The van der Waals surface area contributed by atoms with Crippen LogP contribution in [0, 0.1) is 5.41 Å². The first-order chi connectivity index (χ1) is 18.3. The van der Waals surface area contributed by atoms with Crippen LogP contribution in [0.3, 0.4) is 0 Å². The second-order valence-corrected chi connectivity index (χ2v) is 8.67. The van der Waals surface area contributed by atoms with Crippen molar-refractivity contribution in [2.24, 2.45) is 22.2 Å². The van der Waals surface area contributed by atoms with E-state index in [9.17, 15) is 9.59 Å². The highest BCUT2D eigenvalue weighted by Gasteiger charge is 2.15. The van der Waals surface area contributed by atoms with E-state index in [1.807, 2.05) is 36.4 Å². The van der Waals surface area contributed by atoms with Crippen LogP contribution in [0.1, 0.15) is 38.4 Å². The van der Waals surface area contributed by atoms with Gasteiger partial charge >= 0.3 is 0 Å². The van der Waals surface area contributed by atoms with E-state index in [-0.39, 0.29) is 29.4 Å². The predicted molar refractivity (Wildman–Crippen MR) is 149 cm³/mol. The van der Waals surface area contributed by atoms with E-state index in [0.717, 1.165) is 17.5 Å². The molecule has 1 aliphatic rings. The largest absolute Gasteiger partial charge is 0.370 e. The summed E-state index contributed by atoms with van der Waals surface area (Å²) in [5.74, 6) is -0.635. The summed E-state index contributed by atoms with van der Waals surface area (Å²) in [7, 11) is 0. The molecule has 3 aromatic rings. The molecule has 1 aromatic heterocycles. The van der Waals surface area contributed by atoms with Gasteiger partial charge in [-0.25, -0.2) is 4.99 Å². The van der Waals surface area contributed by atoms with Crippen LogP contribution >= 0.6 is 0 Å². The van der Waals surface area contributed by atoms with Crippen molar-refractivity contribution in [3.63, 3.8) is 0 Å². The summed E-state index contributed by atoms with van der Waals surface area (Å²) in [6, 6.07) is 17.7. The molecule has 0 spiro atoms. The van der Waals surface area contributed by atoms with E-state index in [2.05, 4.69) is 26.7 Å². The van der Waals surface area contributed by atoms with E-state index in [1.165, 1.54) is 17.8 Å². The fourth-order valence-electron chi connectivity index (χ4n) is 3.85. The maximum absolute atomic E-state index is 12.7. The van der Waals surface area contributed by atoms with Gasteiger partial charge in [0.25, 0.3) is 11.8 Å². The Hall–Kier alpha value is -5.19. The number of guanidine groups is 2. The highest BCUT2D eigenvalue weighted by atomic mass is 16.2. The third-order valence-electron chi connectivity index (χ3n) is 5.98. The lowest BCUT2D eigenvalue weighted by atomic mass is 9.99. The van der Waals surface area contributed by atoms with Crippen LogP contribution in [-0.2, 0) is 6.54 Å². The zero-order valence-corrected chi connectivity index (χ0v) is 20.6. The molecule has 0 atom stereocenters. The number of aliphatic imine (C=N–C) groups is 1. The van der Waals surface area contributed by atoms with Crippen molar-refractivity contribution in [2.45, 2.75) is 13.0 Å². The number of anilines is 2. The summed E-state index contributed by atoms with van der Waals surface area (Å²) in [5.41, 5.74) is 21.1. The molecule has 0 bridgehead atoms. The Morgan fingerprint density at radius 2 is 1.58 bits per heavy atom. The lowest BCUT2D eigenvalue weighted by molar-refractivity contribution is 0.101. The summed E-state index contributed by atoms with van der Waals surface area (Å²) >= 11 is 0. The zero-order chi connectivity index (χ0) is 27.1. The molecule has 0 radical (unpaired) electrons. The first-order valence-corrected chi connectivity index (χ1v) is 11.9.